The Bertz CT molecular complexity index is 267. The Balaban J connectivity index is 2.34. The van der Waals surface area contributed by atoms with Crippen molar-refractivity contribution in [3.05, 3.63) is 22.3 Å². The topological polar surface area (TPSA) is 38.4 Å². The maximum Gasteiger partial charge on any atom is 0.121 e. The van der Waals surface area contributed by atoms with Gasteiger partial charge in [-0.3, -0.25) is 0 Å². The van der Waals surface area contributed by atoms with Gasteiger partial charge in [-0.05, 0) is 12.2 Å². The number of hydrogen-bond donors (Lipinski definition) is 1. The first-order valence-corrected chi connectivity index (χ1v) is 4.06. The van der Waals surface area contributed by atoms with E-state index >= 15 is 0 Å². The van der Waals surface area contributed by atoms with Crippen LogP contribution in [0.1, 0.15) is 0 Å². The van der Waals surface area contributed by atoms with E-state index in [9.17, 15) is 0 Å². The molecule has 2 aliphatic rings. The largest absolute Gasteiger partial charge is 0.384 e. The second kappa shape index (κ2) is 2.04. The Morgan fingerprint density at radius 3 is 3.10 bits per heavy atom. The van der Waals surface area contributed by atoms with Gasteiger partial charge in [0.2, 0.25) is 0 Å². The monoisotopic (exact) mass is 172 g/mol. The Morgan fingerprint density at radius 2 is 2.40 bits per heavy atom. The molecule has 0 aromatic heterocycles. The first kappa shape index (κ1) is 6.31. The fourth-order valence-electron chi connectivity index (χ4n) is 0.980. The fourth-order valence-corrected chi connectivity index (χ4v) is 2.19. The zero-order valence-electron chi connectivity index (χ0n) is 5.04. The van der Waals surface area contributed by atoms with Gasteiger partial charge in [-0.15, -0.1) is 0 Å². The van der Waals surface area contributed by atoms with Gasteiger partial charge in [0, 0.05) is 5.92 Å². The highest BCUT2D eigenvalue weighted by atomic mass is 35.5. The predicted molar refractivity (Wildman–Crippen MR) is 44.7 cm³/mol. The van der Waals surface area contributed by atoms with Crippen molar-refractivity contribution in [2.75, 3.05) is 0 Å². The molecular formula is C6H5ClN2S. The van der Waals surface area contributed by atoms with Crippen LogP contribution in [-0.4, -0.2) is 5.04 Å². The van der Waals surface area contributed by atoms with Crippen LogP contribution in [0.4, 0.5) is 0 Å². The molecule has 2 nitrogen and oxygen atoms in total. The summed E-state index contributed by atoms with van der Waals surface area (Å²) in [7, 11) is 0. The molecule has 10 heavy (non-hydrogen) atoms. The quantitative estimate of drug-likeness (QED) is 0.604. The highest BCUT2D eigenvalue weighted by Gasteiger charge is 2.25. The number of fused-ring (bicyclic) bond motifs is 1. The van der Waals surface area contributed by atoms with Gasteiger partial charge in [0.25, 0.3) is 0 Å². The molecule has 4 heteroatoms. The van der Waals surface area contributed by atoms with Crippen LogP contribution in [0.5, 0.6) is 0 Å². The molecule has 0 fully saturated rings. The number of nitrogens with zero attached hydrogens (tertiary/aromatic N) is 1. The summed E-state index contributed by atoms with van der Waals surface area (Å²) in [5.41, 5.74) is 5.46. The molecule has 1 unspecified atom stereocenters. The lowest BCUT2D eigenvalue weighted by atomic mass is 10.2. The molecule has 1 atom stereocenters. The van der Waals surface area contributed by atoms with Crippen LogP contribution in [0.3, 0.4) is 0 Å². The van der Waals surface area contributed by atoms with Crippen LogP contribution in [0, 0.1) is 5.92 Å². The lowest BCUT2D eigenvalue weighted by molar-refractivity contribution is 1.18. The van der Waals surface area contributed by atoms with Crippen LogP contribution >= 0.6 is 23.4 Å². The third-order valence-corrected chi connectivity index (χ3v) is 2.65. The molecule has 2 rings (SSSR count). The molecule has 2 aliphatic heterocycles. The van der Waals surface area contributed by atoms with Crippen LogP contribution in [-0.2, 0) is 0 Å². The van der Waals surface area contributed by atoms with Crippen LogP contribution in [0.25, 0.3) is 0 Å². The van der Waals surface area contributed by atoms with Gasteiger partial charge in [0.15, 0.2) is 0 Å². The van der Waals surface area contributed by atoms with Crippen molar-refractivity contribution >= 4 is 28.4 Å². The lowest BCUT2D eigenvalue weighted by Gasteiger charge is -1.91. The number of rotatable bonds is 0. The van der Waals surface area contributed by atoms with Gasteiger partial charge in [-0.2, -0.15) is 0 Å². The van der Waals surface area contributed by atoms with E-state index < -0.39 is 0 Å². The average molecular weight is 173 g/mol. The maximum absolute atomic E-state index is 5.74. The minimum absolute atomic E-state index is 0.262. The second-order valence-electron chi connectivity index (χ2n) is 2.14. The molecule has 0 aromatic rings. The summed E-state index contributed by atoms with van der Waals surface area (Å²) in [5.74, 6) is 0.866. The number of thioether (sulfide) groups is 1. The van der Waals surface area contributed by atoms with Crippen molar-refractivity contribution in [3.8, 4) is 0 Å². The van der Waals surface area contributed by atoms with Crippen LogP contribution < -0.4 is 5.73 Å². The van der Waals surface area contributed by atoms with Crippen LogP contribution in [0.2, 0.25) is 0 Å². The van der Waals surface area contributed by atoms with E-state index in [0.29, 0.717) is 5.82 Å². The van der Waals surface area contributed by atoms with Crippen molar-refractivity contribution in [3.63, 3.8) is 0 Å². The second-order valence-corrected chi connectivity index (χ2v) is 3.83. The molecule has 52 valence electrons. The summed E-state index contributed by atoms with van der Waals surface area (Å²) in [6.07, 6.45) is 3.85. The standard InChI is InChI=1S/C6H5ClN2S/c7-4-1-3-2-5(8)9-6(3)10-4/h1-3H,8H2. The number of nitrogens with two attached hydrogens (primary N) is 1. The van der Waals surface area contributed by atoms with Crippen molar-refractivity contribution < 1.29 is 0 Å². The molecule has 0 bridgehead atoms. The summed E-state index contributed by atoms with van der Waals surface area (Å²) >= 11 is 7.22. The van der Waals surface area contributed by atoms with E-state index in [0.717, 1.165) is 9.41 Å². The van der Waals surface area contributed by atoms with E-state index in [1.54, 1.807) is 0 Å². The van der Waals surface area contributed by atoms with E-state index in [1.807, 2.05) is 12.2 Å². The number of allylic oxidation sites excluding steroid dienone is 2. The number of hydrogen-bond acceptors (Lipinski definition) is 3. The number of aliphatic imine (C=N–C) groups is 1. The smallest absolute Gasteiger partial charge is 0.121 e. The molecule has 2 heterocycles. The summed E-state index contributed by atoms with van der Waals surface area (Å²) < 4.78 is 0.799. The fraction of sp³-hybridized carbons (Fsp3) is 0.167. The van der Waals surface area contributed by atoms with E-state index in [4.69, 9.17) is 17.3 Å². The predicted octanol–water partition coefficient (Wildman–Crippen LogP) is 1.64. The maximum atomic E-state index is 5.74. The normalized spacial score (nSPS) is 29.3. The first-order chi connectivity index (χ1) is 4.75. The Hall–Kier alpha value is -0.410. The van der Waals surface area contributed by atoms with Crippen molar-refractivity contribution in [2.45, 2.75) is 0 Å². The molecule has 2 N–H and O–H groups in total. The molecule has 0 saturated carbocycles. The van der Waals surface area contributed by atoms with Gasteiger partial charge < -0.3 is 5.73 Å². The van der Waals surface area contributed by atoms with Gasteiger partial charge in [-0.1, -0.05) is 23.4 Å². The summed E-state index contributed by atoms with van der Waals surface area (Å²) in [4.78, 5) is 4.08. The zero-order chi connectivity index (χ0) is 7.14. The average Bonchev–Trinajstić information content (AvgIpc) is 2.21. The molecule has 0 aromatic carbocycles. The molecule has 0 spiro atoms. The lowest BCUT2D eigenvalue weighted by Crippen LogP contribution is -1.93. The molecule has 0 amide bonds. The third-order valence-electron chi connectivity index (χ3n) is 1.39. The van der Waals surface area contributed by atoms with Crippen molar-refractivity contribution in [1.82, 2.24) is 0 Å². The van der Waals surface area contributed by atoms with E-state index in [-0.39, 0.29) is 5.92 Å². The minimum Gasteiger partial charge on any atom is -0.384 e. The van der Waals surface area contributed by atoms with Gasteiger partial charge >= 0.3 is 0 Å². The van der Waals surface area contributed by atoms with E-state index in [1.165, 1.54) is 11.8 Å². The summed E-state index contributed by atoms with van der Waals surface area (Å²) in [5, 5.41) is 1.00. The SMILES string of the molecule is NC1=CC2C=C(Cl)SC2=N1. The highest BCUT2D eigenvalue weighted by molar-refractivity contribution is 8.18. The highest BCUT2D eigenvalue weighted by Crippen LogP contribution is 2.38. The van der Waals surface area contributed by atoms with Crippen molar-refractivity contribution in [1.29, 1.82) is 0 Å². The molecular weight excluding hydrogens is 168 g/mol. The Labute approximate surface area is 67.8 Å². The van der Waals surface area contributed by atoms with Gasteiger partial charge in [0.1, 0.15) is 5.82 Å². The molecule has 0 aliphatic carbocycles. The first-order valence-electron chi connectivity index (χ1n) is 2.87. The Morgan fingerprint density at radius 1 is 1.60 bits per heavy atom. The minimum atomic E-state index is 0.262. The third kappa shape index (κ3) is 0.859. The van der Waals surface area contributed by atoms with Gasteiger partial charge in [-0.25, -0.2) is 4.99 Å². The zero-order valence-corrected chi connectivity index (χ0v) is 6.62. The van der Waals surface area contributed by atoms with E-state index in [2.05, 4.69) is 4.99 Å². The van der Waals surface area contributed by atoms with Crippen LogP contribution in [0.15, 0.2) is 27.3 Å². The molecule has 0 radical (unpaired) electrons. The summed E-state index contributed by atoms with van der Waals surface area (Å²) in [6, 6.07) is 0. The molecule has 0 saturated heterocycles. The Kier molecular flexibility index (Phi) is 1.28. The summed E-state index contributed by atoms with van der Waals surface area (Å²) in [6.45, 7) is 0. The van der Waals surface area contributed by atoms with Gasteiger partial charge in [0.05, 0.1) is 9.41 Å². The van der Waals surface area contributed by atoms with Crippen molar-refractivity contribution in [2.24, 2.45) is 16.6 Å². The number of halogens is 1.